The van der Waals surface area contributed by atoms with Crippen LogP contribution in [0.15, 0.2) is 29.5 Å². The van der Waals surface area contributed by atoms with E-state index in [0.717, 1.165) is 0 Å². The fraction of sp³-hybridized carbons (Fsp3) is 0.167. The third-order valence-electron chi connectivity index (χ3n) is 1.14. The molecular weight excluding hydrogens is 114 g/mol. The molecule has 0 aliphatic rings. The zero-order chi connectivity index (χ0) is 6.69. The smallest absolute Gasteiger partial charge is 0.232 e. The number of hydrogen-bond donors (Lipinski definition) is 1. The second-order valence-electron chi connectivity index (χ2n) is 1.78. The predicted octanol–water partition coefficient (Wildman–Crippen LogP) is 1.17. The zero-order valence-electron chi connectivity index (χ0n) is 5.20. The lowest BCUT2D eigenvalue weighted by molar-refractivity contribution is -0.658. The third-order valence-corrected chi connectivity index (χ3v) is 1.14. The second-order valence-corrected chi connectivity index (χ2v) is 1.78. The van der Waals surface area contributed by atoms with Gasteiger partial charge in [-0.15, -0.1) is 0 Å². The third kappa shape index (κ3) is 1.10. The van der Waals surface area contributed by atoms with Gasteiger partial charge in [0, 0.05) is 6.07 Å². The summed E-state index contributed by atoms with van der Waals surface area (Å²) in [6.45, 7) is 0. The summed E-state index contributed by atoms with van der Waals surface area (Å²) in [5, 5.41) is 3.28. The van der Waals surface area contributed by atoms with E-state index in [1.54, 1.807) is 10.6 Å². The highest BCUT2D eigenvalue weighted by Gasteiger charge is 1.99. The standard InChI is InChI=1S/C6H8N3/c1-9-5-3-2-4-6(9)8-7/h2-5,7H,1H3/q+1. The molecule has 9 heavy (non-hydrogen) atoms. The van der Waals surface area contributed by atoms with Gasteiger partial charge in [-0.1, -0.05) is 11.6 Å². The molecule has 0 spiro atoms. The second kappa shape index (κ2) is 2.35. The first-order valence-corrected chi connectivity index (χ1v) is 2.66. The Morgan fingerprint density at radius 1 is 1.56 bits per heavy atom. The van der Waals surface area contributed by atoms with Crippen LogP contribution in [0.1, 0.15) is 0 Å². The largest absolute Gasteiger partial charge is 0.349 e. The SMILES string of the molecule is C[n+]1ccccc1N=N. The van der Waals surface area contributed by atoms with E-state index in [1.165, 1.54) is 0 Å². The minimum Gasteiger partial charge on any atom is -0.232 e. The van der Waals surface area contributed by atoms with Gasteiger partial charge in [-0.2, -0.15) is 0 Å². The Morgan fingerprint density at radius 3 is 2.78 bits per heavy atom. The van der Waals surface area contributed by atoms with E-state index in [1.807, 2.05) is 25.4 Å². The van der Waals surface area contributed by atoms with Crippen LogP contribution in [0.4, 0.5) is 5.82 Å². The normalized spacial score (nSPS) is 9.00. The summed E-state index contributed by atoms with van der Waals surface area (Å²) in [6, 6.07) is 5.54. The maximum Gasteiger partial charge on any atom is 0.349 e. The number of aromatic nitrogens is 1. The molecule has 0 fully saturated rings. The molecule has 3 heteroatoms. The minimum atomic E-state index is 0.664. The molecule has 0 amide bonds. The first-order valence-electron chi connectivity index (χ1n) is 2.66. The van der Waals surface area contributed by atoms with Crippen molar-refractivity contribution < 1.29 is 4.57 Å². The van der Waals surface area contributed by atoms with Gasteiger partial charge < -0.3 is 0 Å². The van der Waals surface area contributed by atoms with Crippen LogP contribution in [0.3, 0.4) is 0 Å². The molecule has 0 atom stereocenters. The summed E-state index contributed by atoms with van der Waals surface area (Å²) in [5.41, 5.74) is 6.69. The topological polar surface area (TPSA) is 40.1 Å². The van der Waals surface area contributed by atoms with Crippen molar-refractivity contribution in [2.24, 2.45) is 12.2 Å². The van der Waals surface area contributed by atoms with Crippen molar-refractivity contribution in [3.63, 3.8) is 0 Å². The fourth-order valence-corrected chi connectivity index (χ4v) is 0.630. The summed E-state index contributed by atoms with van der Waals surface area (Å²) < 4.78 is 1.78. The van der Waals surface area contributed by atoms with Crippen LogP contribution in [0.2, 0.25) is 0 Å². The van der Waals surface area contributed by atoms with Crippen molar-refractivity contribution in [2.75, 3.05) is 0 Å². The molecule has 0 radical (unpaired) electrons. The van der Waals surface area contributed by atoms with Crippen LogP contribution in [-0.4, -0.2) is 0 Å². The Hall–Kier alpha value is -1.25. The lowest BCUT2D eigenvalue weighted by Crippen LogP contribution is -2.26. The first kappa shape index (κ1) is 5.88. The summed E-state index contributed by atoms with van der Waals surface area (Å²) in [5.74, 6) is 0.664. The van der Waals surface area contributed by atoms with E-state index >= 15 is 0 Å². The Kier molecular flexibility index (Phi) is 1.53. The van der Waals surface area contributed by atoms with Crippen molar-refractivity contribution >= 4 is 5.82 Å². The van der Waals surface area contributed by atoms with Gasteiger partial charge in [0.1, 0.15) is 0 Å². The summed E-state index contributed by atoms with van der Waals surface area (Å²) in [4.78, 5) is 0. The molecule has 0 aromatic carbocycles. The van der Waals surface area contributed by atoms with E-state index in [4.69, 9.17) is 5.53 Å². The molecule has 1 heterocycles. The minimum absolute atomic E-state index is 0.664. The van der Waals surface area contributed by atoms with E-state index in [0.29, 0.717) is 5.82 Å². The van der Waals surface area contributed by atoms with Crippen molar-refractivity contribution in [1.82, 2.24) is 0 Å². The summed E-state index contributed by atoms with van der Waals surface area (Å²) in [6.07, 6.45) is 1.85. The van der Waals surface area contributed by atoms with Gasteiger partial charge in [0.2, 0.25) is 0 Å². The molecular formula is C6H8N3+. The molecule has 1 aromatic rings. The molecule has 0 saturated carbocycles. The highest BCUT2D eigenvalue weighted by atomic mass is 15.1. The Morgan fingerprint density at radius 2 is 2.33 bits per heavy atom. The number of aryl methyl sites for hydroxylation is 1. The fourth-order valence-electron chi connectivity index (χ4n) is 0.630. The maximum atomic E-state index is 6.69. The summed E-state index contributed by atoms with van der Waals surface area (Å²) in [7, 11) is 1.85. The molecule has 1 aromatic heterocycles. The van der Waals surface area contributed by atoms with Gasteiger partial charge in [-0.25, -0.2) is 4.57 Å². The van der Waals surface area contributed by atoms with Crippen LogP contribution >= 0.6 is 0 Å². The lowest BCUT2D eigenvalue weighted by atomic mass is 10.4. The van der Waals surface area contributed by atoms with Crippen LogP contribution in [0, 0.1) is 5.53 Å². The summed E-state index contributed by atoms with van der Waals surface area (Å²) >= 11 is 0. The average Bonchev–Trinajstić information content (AvgIpc) is 1.89. The molecule has 0 saturated heterocycles. The van der Waals surface area contributed by atoms with E-state index in [9.17, 15) is 0 Å². The van der Waals surface area contributed by atoms with Gasteiger partial charge in [0.05, 0.1) is 18.4 Å². The van der Waals surface area contributed by atoms with Crippen LogP contribution in [0.25, 0.3) is 0 Å². The molecule has 0 bridgehead atoms. The van der Waals surface area contributed by atoms with Gasteiger partial charge in [-0.05, 0) is 6.07 Å². The first-order chi connectivity index (χ1) is 4.34. The van der Waals surface area contributed by atoms with Gasteiger partial charge in [0.25, 0.3) is 0 Å². The Bertz CT molecular complexity index is 219. The lowest BCUT2D eigenvalue weighted by Gasteiger charge is -1.87. The Balaban J connectivity index is 3.15. The van der Waals surface area contributed by atoms with Gasteiger partial charge in [-0.3, -0.25) is 0 Å². The van der Waals surface area contributed by atoms with Crippen LogP contribution in [-0.2, 0) is 7.05 Å². The average molecular weight is 122 g/mol. The van der Waals surface area contributed by atoms with Crippen LogP contribution in [0.5, 0.6) is 0 Å². The number of nitrogens with one attached hydrogen (secondary N) is 1. The van der Waals surface area contributed by atoms with Crippen molar-refractivity contribution in [2.45, 2.75) is 0 Å². The molecule has 0 unspecified atom stereocenters. The quantitative estimate of drug-likeness (QED) is 0.429. The maximum absolute atomic E-state index is 6.69. The number of hydrogen-bond acceptors (Lipinski definition) is 2. The van der Waals surface area contributed by atoms with Crippen LogP contribution < -0.4 is 4.57 Å². The molecule has 3 nitrogen and oxygen atoms in total. The monoisotopic (exact) mass is 122 g/mol. The molecule has 1 rings (SSSR count). The number of nitrogens with zero attached hydrogens (tertiary/aromatic N) is 2. The highest BCUT2D eigenvalue weighted by Crippen LogP contribution is 1.99. The molecule has 0 aliphatic carbocycles. The zero-order valence-corrected chi connectivity index (χ0v) is 5.20. The number of rotatable bonds is 1. The van der Waals surface area contributed by atoms with E-state index in [2.05, 4.69) is 5.11 Å². The van der Waals surface area contributed by atoms with Gasteiger partial charge in [0.15, 0.2) is 0 Å². The van der Waals surface area contributed by atoms with E-state index in [-0.39, 0.29) is 0 Å². The molecule has 0 aliphatic heterocycles. The number of pyridine rings is 1. The van der Waals surface area contributed by atoms with Crippen molar-refractivity contribution in [3.8, 4) is 0 Å². The van der Waals surface area contributed by atoms with Gasteiger partial charge >= 0.3 is 5.82 Å². The van der Waals surface area contributed by atoms with E-state index < -0.39 is 0 Å². The van der Waals surface area contributed by atoms with Crippen molar-refractivity contribution in [3.05, 3.63) is 24.4 Å². The predicted molar refractivity (Wildman–Crippen MR) is 32.4 cm³/mol. The highest BCUT2D eigenvalue weighted by molar-refractivity contribution is 5.16. The molecule has 1 N–H and O–H groups in total. The Labute approximate surface area is 53.5 Å². The van der Waals surface area contributed by atoms with Crippen molar-refractivity contribution in [1.29, 1.82) is 5.53 Å². The molecule has 46 valence electrons.